The Hall–Kier alpha value is -1.95. The Morgan fingerprint density at radius 1 is 1.25 bits per heavy atom. The van der Waals surface area contributed by atoms with E-state index in [2.05, 4.69) is 10.3 Å². The second kappa shape index (κ2) is 9.37. The largest absolute Gasteiger partial charge is 0.376 e. The van der Waals surface area contributed by atoms with E-state index in [-0.39, 0.29) is 23.6 Å². The third kappa shape index (κ3) is 5.03. The molecule has 1 atom stereocenters. The number of hydrogen-bond acceptors (Lipinski definition) is 4. The molecule has 1 saturated heterocycles. The van der Waals surface area contributed by atoms with Crippen LogP contribution in [-0.2, 0) is 4.74 Å². The maximum atomic E-state index is 12.6. The number of carbonyl (C=O) groups is 2. The van der Waals surface area contributed by atoms with Gasteiger partial charge in [-0.2, -0.15) is 0 Å². The lowest BCUT2D eigenvalue weighted by Crippen LogP contribution is -2.34. The summed E-state index contributed by atoms with van der Waals surface area (Å²) >= 11 is 0. The summed E-state index contributed by atoms with van der Waals surface area (Å²) in [6.45, 7) is 6.72. The molecule has 1 N–H and O–H groups in total. The number of rotatable bonds is 8. The number of nitrogens with zero attached hydrogens (tertiary/aromatic N) is 2. The Labute approximate surface area is 143 Å². The number of hydrogen-bond donors (Lipinski definition) is 1. The average molecular weight is 333 g/mol. The fourth-order valence-corrected chi connectivity index (χ4v) is 2.80. The number of aromatic nitrogens is 1. The molecule has 1 aliphatic rings. The second-order valence-electron chi connectivity index (χ2n) is 6.05. The van der Waals surface area contributed by atoms with Crippen molar-refractivity contribution in [2.75, 3.05) is 26.2 Å². The van der Waals surface area contributed by atoms with E-state index >= 15 is 0 Å². The molecule has 1 aromatic heterocycles. The molecule has 132 valence electrons. The number of nitrogens with one attached hydrogen (secondary N) is 1. The minimum atomic E-state index is -0.266. The van der Waals surface area contributed by atoms with Gasteiger partial charge in [-0.05, 0) is 37.8 Å². The van der Waals surface area contributed by atoms with E-state index in [1.807, 2.05) is 13.8 Å². The van der Waals surface area contributed by atoms with Crippen molar-refractivity contribution in [2.24, 2.45) is 0 Å². The fourth-order valence-electron chi connectivity index (χ4n) is 2.80. The lowest BCUT2D eigenvalue weighted by atomic mass is 10.2. The zero-order valence-corrected chi connectivity index (χ0v) is 14.6. The Balaban J connectivity index is 2.00. The van der Waals surface area contributed by atoms with Crippen LogP contribution in [0.5, 0.6) is 0 Å². The van der Waals surface area contributed by atoms with E-state index in [4.69, 9.17) is 4.74 Å². The summed E-state index contributed by atoms with van der Waals surface area (Å²) in [7, 11) is 0. The molecule has 1 unspecified atom stereocenters. The highest BCUT2D eigenvalue weighted by atomic mass is 16.5. The van der Waals surface area contributed by atoms with Crippen molar-refractivity contribution in [1.82, 2.24) is 15.2 Å². The van der Waals surface area contributed by atoms with E-state index in [1.54, 1.807) is 23.1 Å². The van der Waals surface area contributed by atoms with Gasteiger partial charge in [0.05, 0.1) is 6.10 Å². The molecule has 0 aromatic carbocycles. The normalized spacial score (nSPS) is 16.8. The summed E-state index contributed by atoms with van der Waals surface area (Å²) in [6.07, 6.45) is 3.88. The summed E-state index contributed by atoms with van der Waals surface area (Å²) < 4.78 is 5.49. The summed E-state index contributed by atoms with van der Waals surface area (Å²) in [5, 5.41) is 2.84. The molecule has 2 amide bonds. The number of ether oxygens (including phenoxy) is 1. The van der Waals surface area contributed by atoms with Crippen LogP contribution in [0.15, 0.2) is 18.2 Å². The van der Waals surface area contributed by atoms with Gasteiger partial charge in [0, 0.05) is 26.2 Å². The van der Waals surface area contributed by atoms with Crippen molar-refractivity contribution in [1.29, 1.82) is 0 Å². The van der Waals surface area contributed by atoms with Crippen molar-refractivity contribution in [3.05, 3.63) is 29.6 Å². The van der Waals surface area contributed by atoms with Crippen LogP contribution in [0.1, 0.15) is 60.5 Å². The van der Waals surface area contributed by atoms with Crippen molar-refractivity contribution in [3.8, 4) is 0 Å². The van der Waals surface area contributed by atoms with Gasteiger partial charge in [-0.15, -0.1) is 0 Å². The molecule has 0 radical (unpaired) electrons. The third-order valence-electron chi connectivity index (χ3n) is 3.99. The Kier molecular flexibility index (Phi) is 7.18. The molecule has 24 heavy (non-hydrogen) atoms. The molecule has 0 aliphatic carbocycles. The minimum Gasteiger partial charge on any atom is -0.376 e. The first-order chi connectivity index (χ1) is 11.7. The lowest BCUT2D eigenvalue weighted by Gasteiger charge is -2.21. The quantitative estimate of drug-likeness (QED) is 0.792. The SMILES string of the molecule is CCCN(CCC)C(=O)c1cccc(C(=O)NCC2CCCO2)n1. The van der Waals surface area contributed by atoms with Gasteiger partial charge in [-0.1, -0.05) is 19.9 Å². The van der Waals surface area contributed by atoms with Gasteiger partial charge in [0.25, 0.3) is 11.8 Å². The molecular formula is C18H27N3O3. The summed E-state index contributed by atoms with van der Waals surface area (Å²) in [5.41, 5.74) is 0.591. The fraction of sp³-hybridized carbons (Fsp3) is 0.611. The zero-order valence-electron chi connectivity index (χ0n) is 14.6. The molecule has 1 aromatic rings. The van der Waals surface area contributed by atoms with Crippen molar-refractivity contribution >= 4 is 11.8 Å². The maximum absolute atomic E-state index is 12.6. The molecule has 6 nitrogen and oxygen atoms in total. The van der Waals surface area contributed by atoms with Gasteiger partial charge in [0.15, 0.2) is 0 Å². The lowest BCUT2D eigenvalue weighted by molar-refractivity contribution is 0.0749. The van der Waals surface area contributed by atoms with Crippen molar-refractivity contribution in [3.63, 3.8) is 0 Å². The summed E-state index contributed by atoms with van der Waals surface area (Å²) in [4.78, 5) is 30.9. The Morgan fingerprint density at radius 2 is 1.96 bits per heavy atom. The van der Waals surface area contributed by atoms with Crippen molar-refractivity contribution < 1.29 is 14.3 Å². The average Bonchev–Trinajstić information content (AvgIpc) is 3.12. The highest BCUT2D eigenvalue weighted by Gasteiger charge is 2.19. The number of pyridine rings is 1. The van der Waals surface area contributed by atoms with Crippen LogP contribution in [0, 0.1) is 0 Å². The van der Waals surface area contributed by atoms with E-state index in [0.717, 1.165) is 32.3 Å². The third-order valence-corrected chi connectivity index (χ3v) is 3.99. The molecule has 2 rings (SSSR count). The van der Waals surface area contributed by atoms with Gasteiger partial charge >= 0.3 is 0 Å². The first-order valence-electron chi connectivity index (χ1n) is 8.81. The van der Waals surface area contributed by atoms with Crippen molar-refractivity contribution in [2.45, 2.75) is 45.6 Å². The van der Waals surface area contributed by atoms with Crippen LogP contribution in [-0.4, -0.2) is 54.0 Å². The first-order valence-corrected chi connectivity index (χ1v) is 8.81. The number of amides is 2. The highest BCUT2D eigenvalue weighted by molar-refractivity contribution is 5.96. The molecule has 0 saturated carbocycles. The molecule has 2 heterocycles. The predicted octanol–water partition coefficient (Wildman–Crippen LogP) is 2.25. The Morgan fingerprint density at radius 3 is 2.58 bits per heavy atom. The molecule has 0 bridgehead atoms. The molecular weight excluding hydrogens is 306 g/mol. The van der Waals surface area contributed by atoms with Gasteiger partial charge in [0.2, 0.25) is 0 Å². The maximum Gasteiger partial charge on any atom is 0.272 e. The molecule has 6 heteroatoms. The summed E-state index contributed by atoms with van der Waals surface area (Å²) in [5.74, 6) is -0.384. The molecule has 0 spiro atoms. The standard InChI is InChI=1S/C18H27N3O3/c1-3-10-21(11-4-2)18(23)16-9-5-8-15(20-16)17(22)19-13-14-7-6-12-24-14/h5,8-9,14H,3-4,6-7,10-13H2,1-2H3,(H,19,22). The molecule has 1 aliphatic heterocycles. The predicted molar refractivity (Wildman–Crippen MR) is 92.0 cm³/mol. The van der Waals surface area contributed by atoms with Crippen LogP contribution < -0.4 is 5.32 Å². The van der Waals surface area contributed by atoms with Crippen LogP contribution in [0.2, 0.25) is 0 Å². The van der Waals surface area contributed by atoms with E-state index in [1.165, 1.54) is 0 Å². The van der Waals surface area contributed by atoms with Gasteiger partial charge in [-0.3, -0.25) is 9.59 Å². The summed E-state index contributed by atoms with van der Waals surface area (Å²) in [6, 6.07) is 5.00. The van der Waals surface area contributed by atoms with E-state index < -0.39 is 0 Å². The van der Waals surface area contributed by atoms with Gasteiger partial charge < -0.3 is 15.0 Å². The van der Waals surface area contributed by atoms with Crippen LogP contribution in [0.3, 0.4) is 0 Å². The monoisotopic (exact) mass is 333 g/mol. The van der Waals surface area contributed by atoms with E-state index in [0.29, 0.717) is 25.3 Å². The van der Waals surface area contributed by atoms with Gasteiger partial charge in [0.1, 0.15) is 11.4 Å². The second-order valence-corrected chi connectivity index (χ2v) is 6.05. The molecule has 1 fully saturated rings. The smallest absolute Gasteiger partial charge is 0.272 e. The zero-order chi connectivity index (χ0) is 17.4. The van der Waals surface area contributed by atoms with Gasteiger partial charge in [-0.25, -0.2) is 4.98 Å². The number of carbonyl (C=O) groups excluding carboxylic acids is 2. The topological polar surface area (TPSA) is 71.5 Å². The van der Waals surface area contributed by atoms with Crippen LogP contribution in [0.25, 0.3) is 0 Å². The highest BCUT2D eigenvalue weighted by Crippen LogP contribution is 2.11. The minimum absolute atomic E-state index is 0.0864. The Bertz CT molecular complexity index is 550. The van der Waals surface area contributed by atoms with Crippen LogP contribution >= 0.6 is 0 Å². The van der Waals surface area contributed by atoms with E-state index in [9.17, 15) is 9.59 Å². The van der Waals surface area contributed by atoms with Crippen LogP contribution in [0.4, 0.5) is 0 Å². The first kappa shape index (κ1) is 18.4.